The van der Waals surface area contributed by atoms with Gasteiger partial charge in [-0.2, -0.15) is 5.10 Å². The third kappa shape index (κ3) is 4.36. The number of ether oxygens (including phenoxy) is 1. The highest BCUT2D eigenvalue weighted by atomic mass is 16.5. The van der Waals surface area contributed by atoms with E-state index in [1.54, 1.807) is 0 Å². The quantitative estimate of drug-likeness (QED) is 0.791. The second kappa shape index (κ2) is 7.97. The summed E-state index contributed by atoms with van der Waals surface area (Å²) < 4.78 is 6.04. The van der Waals surface area contributed by atoms with Crippen LogP contribution in [0.25, 0.3) is 0 Å². The summed E-state index contributed by atoms with van der Waals surface area (Å²) in [7, 11) is 2.15. The zero-order valence-electron chi connectivity index (χ0n) is 14.5. The Morgan fingerprint density at radius 3 is 2.38 bits per heavy atom. The number of rotatable bonds is 5. The fourth-order valence-electron chi connectivity index (χ4n) is 2.79. The van der Waals surface area contributed by atoms with Crippen LogP contribution in [0.4, 0.5) is 0 Å². The van der Waals surface area contributed by atoms with Gasteiger partial charge in [0.05, 0.1) is 5.71 Å². The lowest BCUT2D eigenvalue weighted by molar-refractivity contribution is 0.159. The molecule has 0 saturated carbocycles. The van der Waals surface area contributed by atoms with Gasteiger partial charge in [0.2, 0.25) is 0 Å². The van der Waals surface area contributed by atoms with Gasteiger partial charge >= 0.3 is 0 Å². The molecule has 0 aliphatic carbocycles. The molecule has 0 aromatic heterocycles. The molecule has 4 heteroatoms. The summed E-state index contributed by atoms with van der Waals surface area (Å²) in [5, 5.41) is 6.96. The SMILES string of the molecule is C/C(=N\N1CCN(C)CC1)c1ccccc1OCc1ccccc1. The van der Waals surface area contributed by atoms with E-state index in [4.69, 9.17) is 9.84 Å². The standard InChI is InChI=1S/C20H25N3O/c1-17(21-23-14-12-22(2)13-15-23)19-10-6-7-11-20(19)24-16-18-8-4-3-5-9-18/h3-11H,12-16H2,1-2H3/b21-17+. The Labute approximate surface area is 144 Å². The molecule has 0 N–H and O–H groups in total. The van der Waals surface area contributed by atoms with E-state index in [2.05, 4.69) is 42.1 Å². The molecule has 0 radical (unpaired) electrons. The highest BCUT2D eigenvalue weighted by Gasteiger charge is 2.13. The van der Waals surface area contributed by atoms with Crippen molar-refractivity contribution < 1.29 is 4.74 Å². The number of benzene rings is 2. The third-order valence-electron chi connectivity index (χ3n) is 4.29. The van der Waals surface area contributed by atoms with Crippen molar-refractivity contribution in [3.63, 3.8) is 0 Å². The number of hydrogen-bond acceptors (Lipinski definition) is 4. The van der Waals surface area contributed by atoms with Crippen molar-refractivity contribution in [1.82, 2.24) is 9.91 Å². The van der Waals surface area contributed by atoms with Crippen molar-refractivity contribution in [3.05, 3.63) is 65.7 Å². The van der Waals surface area contributed by atoms with Crippen LogP contribution in [0.15, 0.2) is 59.7 Å². The van der Waals surface area contributed by atoms with E-state index in [1.165, 1.54) is 5.56 Å². The molecular formula is C20H25N3O. The fourth-order valence-corrected chi connectivity index (χ4v) is 2.79. The summed E-state index contributed by atoms with van der Waals surface area (Å²) in [5.41, 5.74) is 3.23. The molecule has 0 amide bonds. The number of hydrogen-bond donors (Lipinski definition) is 0. The smallest absolute Gasteiger partial charge is 0.128 e. The van der Waals surface area contributed by atoms with Gasteiger partial charge in [0.15, 0.2) is 0 Å². The van der Waals surface area contributed by atoms with Crippen molar-refractivity contribution in [2.75, 3.05) is 33.2 Å². The van der Waals surface area contributed by atoms with E-state index in [0.29, 0.717) is 6.61 Å². The molecule has 1 aliphatic rings. The maximum Gasteiger partial charge on any atom is 0.128 e. The lowest BCUT2D eigenvalue weighted by Gasteiger charge is -2.30. The zero-order valence-corrected chi connectivity index (χ0v) is 14.5. The topological polar surface area (TPSA) is 28.1 Å². The Balaban J connectivity index is 1.71. The van der Waals surface area contributed by atoms with Gasteiger partial charge in [-0.05, 0) is 31.7 Å². The van der Waals surface area contributed by atoms with E-state index >= 15 is 0 Å². The van der Waals surface area contributed by atoms with E-state index in [1.807, 2.05) is 36.4 Å². The first kappa shape index (κ1) is 16.5. The second-order valence-electron chi connectivity index (χ2n) is 6.21. The maximum absolute atomic E-state index is 6.04. The van der Waals surface area contributed by atoms with Gasteiger partial charge in [-0.3, -0.25) is 5.01 Å². The van der Waals surface area contributed by atoms with Crippen LogP contribution in [-0.4, -0.2) is 48.8 Å². The van der Waals surface area contributed by atoms with Crippen LogP contribution in [0.1, 0.15) is 18.1 Å². The molecule has 0 atom stereocenters. The van der Waals surface area contributed by atoms with E-state index in [-0.39, 0.29) is 0 Å². The number of hydrazone groups is 1. The van der Waals surface area contributed by atoms with Crippen LogP contribution >= 0.6 is 0 Å². The largest absolute Gasteiger partial charge is 0.488 e. The molecule has 1 fully saturated rings. The van der Waals surface area contributed by atoms with Crippen molar-refractivity contribution >= 4 is 5.71 Å². The van der Waals surface area contributed by atoms with Gasteiger partial charge in [-0.1, -0.05) is 42.5 Å². The van der Waals surface area contributed by atoms with Crippen molar-refractivity contribution in [1.29, 1.82) is 0 Å². The molecular weight excluding hydrogens is 298 g/mol. The second-order valence-corrected chi connectivity index (χ2v) is 6.21. The van der Waals surface area contributed by atoms with Crippen LogP contribution < -0.4 is 4.74 Å². The molecule has 1 saturated heterocycles. The summed E-state index contributed by atoms with van der Waals surface area (Å²) >= 11 is 0. The maximum atomic E-state index is 6.04. The highest BCUT2D eigenvalue weighted by molar-refractivity contribution is 6.00. The predicted molar refractivity (Wildman–Crippen MR) is 98.5 cm³/mol. The normalized spacial score (nSPS) is 16.2. The highest BCUT2D eigenvalue weighted by Crippen LogP contribution is 2.21. The summed E-state index contributed by atoms with van der Waals surface area (Å²) in [4.78, 5) is 2.33. The number of nitrogens with zero attached hydrogens (tertiary/aromatic N) is 3. The molecule has 0 bridgehead atoms. The van der Waals surface area contributed by atoms with E-state index < -0.39 is 0 Å². The minimum absolute atomic E-state index is 0.569. The van der Waals surface area contributed by atoms with Crippen LogP contribution in [0, 0.1) is 0 Å². The molecule has 2 aromatic rings. The Morgan fingerprint density at radius 2 is 1.62 bits per heavy atom. The molecule has 3 rings (SSSR count). The fraction of sp³-hybridized carbons (Fsp3) is 0.350. The molecule has 0 unspecified atom stereocenters. The lowest BCUT2D eigenvalue weighted by atomic mass is 10.1. The van der Waals surface area contributed by atoms with Gasteiger partial charge in [-0.25, -0.2) is 0 Å². The first-order valence-corrected chi connectivity index (χ1v) is 8.47. The van der Waals surface area contributed by atoms with Gasteiger partial charge < -0.3 is 9.64 Å². The number of para-hydroxylation sites is 1. The Kier molecular flexibility index (Phi) is 5.49. The minimum atomic E-state index is 0.569. The van der Waals surface area contributed by atoms with Crippen molar-refractivity contribution in [2.45, 2.75) is 13.5 Å². The lowest BCUT2D eigenvalue weighted by Crippen LogP contribution is -2.42. The molecule has 4 nitrogen and oxygen atoms in total. The van der Waals surface area contributed by atoms with Crippen LogP contribution in [-0.2, 0) is 6.61 Å². The summed E-state index contributed by atoms with van der Waals surface area (Å²) in [6.07, 6.45) is 0. The number of likely N-dealkylation sites (N-methyl/N-ethyl adjacent to an activating group) is 1. The Bertz CT molecular complexity index is 676. The average Bonchev–Trinajstić information content (AvgIpc) is 2.63. The zero-order chi connectivity index (χ0) is 16.8. The van der Waals surface area contributed by atoms with Gasteiger partial charge in [0, 0.05) is 31.7 Å². The molecule has 24 heavy (non-hydrogen) atoms. The predicted octanol–water partition coefficient (Wildman–Crippen LogP) is 3.24. The monoisotopic (exact) mass is 323 g/mol. The third-order valence-corrected chi connectivity index (χ3v) is 4.29. The van der Waals surface area contributed by atoms with Crippen molar-refractivity contribution in [2.24, 2.45) is 5.10 Å². The first-order chi connectivity index (χ1) is 11.7. The molecule has 0 spiro atoms. The van der Waals surface area contributed by atoms with Crippen LogP contribution in [0.2, 0.25) is 0 Å². The molecule has 1 heterocycles. The van der Waals surface area contributed by atoms with Crippen molar-refractivity contribution in [3.8, 4) is 5.75 Å². The molecule has 2 aromatic carbocycles. The summed E-state index contributed by atoms with van der Waals surface area (Å²) in [6, 6.07) is 18.4. The average molecular weight is 323 g/mol. The molecule has 126 valence electrons. The van der Waals surface area contributed by atoms with Gasteiger partial charge in [-0.15, -0.1) is 0 Å². The van der Waals surface area contributed by atoms with Crippen LogP contribution in [0.5, 0.6) is 5.75 Å². The van der Waals surface area contributed by atoms with Gasteiger partial charge in [0.25, 0.3) is 0 Å². The minimum Gasteiger partial charge on any atom is -0.488 e. The Morgan fingerprint density at radius 1 is 0.958 bits per heavy atom. The van der Waals surface area contributed by atoms with E-state index in [9.17, 15) is 0 Å². The first-order valence-electron chi connectivity index (χ1n) is 8.47. The van der Waals surface area contributed by atoms with Crippen LogP contribution in [0.3, 0.4) is 0 Å². The number of piperazine rings is 1. The van der Waals surface area contributed by atoms with E-state index in [0.717, 1.165) is 43.2 Å². The summed E-state index contributed by atoms with van der Waals surface area (Å²) in [5.74, 6) is 0.886. The Hall–Kier alpha value is -2.33. The summed E-state index contributed by atoms with van der Waals surface area (Å²) in [6.45, 7) is 6.69. The van der Waals surface area contributed by atoms with Gasteiger partial charge in [0.1, 0.15) is 12.4 Å². The molecule has 1 aliphatic heterocycles.